The number of aliphatic carboxylic acids is 1. The summed E-state index contributed by atoms with van der Waals surface area (Å²) in [6, 6.07) is 0. The van der Waals surface area contributed by atoms with Crippen molar-refractivity contribution in [1.82, 2.24) is 10.2 Å². The van der Waals surface area contributed by atoms with Crippen LogP contribution in [-0.2, 0) is 4.79 Å². The zero-order valence-electron chi connectivity index (χ0n) is 8.12. The predicted molar refractivity (Wildman–Crippen MR) is 50.7 cm³/mol. The van der Waals surface area contributed by atoms with E-state index in [2.05, 4.69) is 5.32 Å². The number of hydrogen-bond acceptors (Lipinski definition) is 3. The van der Waals surface area contributed by atoms with Crippen molar-refractivity contribution < 1.29 is 9.90 Å². The van der Waals surface area contributed by atoms with Gasteiger partial charge in [0, 0.05) is 6.54 Å². The summed E-state index contributed by atoms with van der Waals surface area (Å²) in [4.78, 5) is 12.3. The number of carboxylic acid groups (broad SMARTS) is 1. The first-order valence-electron chi connectivity index (χ1n) is 4.79. The van der Waals surface area contributed by atoms with Crippen molar-refractivity contribution in [3.8, 4) is 0 Å². The van der Waals surface area contributed by atoms with Gasteiger partial charge in [-0.2, -0.15) is 0 Å². The molecular formula is C9H18N2O2. The maximum atomic E-state index is 10.4. The Morgan fingerprint density at radius 2 is 2.46 bits per heavy atom. The number of carbonyl (C=O) groups is 1. The molecule has 4 nitrogen and oxygen atoms in total. The van der Waals surface area contributed by atoms with Gasteiger partial charge in [0.2, 0.25) is 0 Å². The summed E-state index contributed by atoms with van der Waals surface area (Å²) in [5.74, 6) is -0.121. The molecule has 0 aromatic carbocycles. The SMILES string of the molecule is CN(CC(=O)O)CC1CCCNC1. The Hall–Kier alpha value is -0.610. The number of piperidine rings is 1. The fourth-order valence-corrected chi connectivity index (χ4v) is 1.82. The van der Waals surface area contributed by atoms with Gasteiger partial charge in [-0.25, -0.2) is 0 Å². The average molecular weight is 186 g/mol. The topological polar surface area (TPSA) is 52.6 Å². The van der Waals surface area contributed by atoms with E-state index in [1.807, 2.05) is 11.9 Å². The second kappa shape index (κ2) is 5.19. The van der Waals surface area contributed by atoms with E-state index in [0.29, 0.717) is 5.92 Å². The van der Waals surface area contributed by atoms with Gasteiger partial charge in [-0.05, 0) is 38.9 Å². The van der Waals surface area contributed by atoms with Gasteiger partial charge in [0.05, 0.1) is 6.54 Å². The lowest BCUT2D eigenvalue weighted by atomic mass is 9.99. The first-order valence-corrected chi connectivity index (χ1v) is 4.79. The number of likely N-dealkylation sites (N-methyl/N-ethyl adjacent to an activating group) is 1. The van der Waals surface area contributed by atoms with E-state index in [-0.39, 0.29) is 6.54 Å². The van der Waals surface area contributed by atoms with Crippen LogP contribution in [0.25, 0.3) is 0 Å². The van der Waals surface area contributed by atoms with E-state index in [1.165, 1.54) is 12.8 Å². The van der Waals surface area contributed by atoms with E-state index in [4.69, 9.17) is 5.11 Å². The standard InChI is InChI=1S/C9H18N2O2/c1-11(7-9(12)13)6-8-3-2-4-10-5-8/h8,10H,2-7H2,1H3,(H,12,13). The highest BCUT2D eigenvalue weighted by atomic mass is 16.4. The fraction of sp³-hybridized carbons (Fsp3) is 0.889. The molecule has 13 heavy (non-hydrogen) atoms. The van der Waals surface area contributed by atoms with E-state index in [0.717, 1.165) is 19.6 Å². The van der Waals surface area contributed by atoms with Gasteiger partial charge in [-0.15, -0.1) is 0 Å². The minimum Gasteiger partial charge on any atom is -0.480 e. The van der Waals surface area contributed by atoms with E-state index in [9.17, 15) is 4.79 Å². The second-order valence-electron chi connectivity index (χ2n) is 3.80. The molecule has 1 atom stereocenters. The summed E-state index contributed by atoms with van der Waals surface area (Å²) in [5, 5.41) is 11.9. The van der Waals surface area contributed by atoms with E-state index < -0.39 is 5.97 Å². The molecule has 4 heteroatoms. The van der Waals surface area contributed by atoms with Crippen molar-refractivity contribution >= 4 is 5.97 Å². The number of rotatable bonds is 4. The molecule has 0 amide bonds. The third kappa shape index (κ3) is 4.24. The molecule has 0 aromatic heterocycles. The van der Waals surface area contributed by atoms with Gasteiger partial charge in [0.25, 0.3) is 0 Å². The van der Waals surface area contributed by atoms with Gasteiger partial charge >= 0.3 is 5.97 Å². The number of carboxylic acids is 1. The molecule has 1 aliphatic rings. The van der Waals surface area contributed by atoms with Crippen molar-refractivity contribution in [2.75, 3.05) is 33.2 Å². The van der Waals surface area contributed by atoms with Gasteiger partial charge in [-0.3, -0.25) is 9.69 Å². The zero-order chi connectivity index (χ0) is 9.68. The molecule has 0 aliphatic carbocycles. The molecule has 0 saturated carbocycles. The summed E-state index contributed by atoms with van der Waals surface area (Å²) in [6.45, 7) is 3.18. The minimum absolute atomic E-state index is 0.149. The normalized spacial score (nSPS) is 23.4. The Bertz CT molecular complexity index is 167. The lowest BCUT2D eigenvalue weighted by Crippen LogP contribution is -2.38. The highest BCUT2D eigenvalue weighted by molar-refractivity contribution is 5.68. The van der Waals surface area contributed by atoms with Crippen LogP contribution in [0.5, 0.6) is 0 Å². The molecule has 1 aliphatic heterocycles. The second-order valence-corrected chi connectivity index (χ2v) is 3.80. The third-order valence-electron chi connectivity index (χ3n) is 2.37. The lowest BCUT2D eigenvalue weighted by Gasteiger charge is -2.26. The summed E-state index contributed by atoms with van der Waals surface area (Å²) in [6.07, 6.45) is 2.43. The van der Waals surface area contributed by atoms with Crippen LogP contribution in [0.15, 0.2) is 0 Å². The van der Waals surface area contributed by atoms with Crippen LogP contribution >= 0.6 is 0 Å². The van der Waals surface area contributed by atoms with Gasteiger partial charge in [0.15, 0.2) is 0 Å². The maximum Gasteiger partial charge on any atom is 0.317 e. The Morgan fingerprint density at radius 3 is 3.00 bits per heavy atom. The van der Waals surface area contributed by atoms with Crippen LogP contribution in [0.3, 0.4) is 0 Å². The molecule has 0 bridgehead atoms. The third-order valence-corrected chi connectivity index (χ3v) is 2.37. The summed E-state index contributed by atoms with van der Waals surface area (Å²) in [5.41, 5.74) is 0. The molecule has 2 N–H and O–H groups in total. The largest absolute Gasteiger partial charge is 0.480 e. The van der Waals surface area contributed by atoms with Crippen molar-refractivity contribution in [3.63, 3.8) is 0 Å². The van der Waals surface area contributed by atoms with Crippen LogP contribution in [0, 0.1) is 5.92 Å². The Labute approximate surface area is 78.9 Å². The molecule has 1 fully saturated rings. The smallest absolute Gasteiger partial charge is 0.317 e. The maximum absolute atomic E-state index is 10.4. The van der Waals surface area contributed by atoms with E-state index in [1.54, 1.807) is 0 Å². The monoisotopic (exact) mass is 186 g/mol. The highest BCUT2D eigenvalue weighted by Gasteiger charge is 2.15. The minimum atomic E-state index is -0.744. The number of nitrogens with zero attached hydrogens (tertiary/aromatic N) is 1. The Morgan fingerprint density at radius 1 is 1.69 bits per heavy atom. The fourth-order valence-electron chi connectivity index (χ4n) is 1.82. The average Bonchev–Trinajstić information content (AvgIpc) is 2.04. The molecule has 1 heterocycles. The predicted octanol–water partition coefficient (Wildman–Crippen LogP) is 0.00240. The van der Waals surface area contributed by atoms with Crippen molar-refractivity contribution in [3.05, 3.63) is 0 Å². The number of nitrogens with one attached hydrogen (secondary N) is 1. The Balaban J connectivity index is 2.18. The van der Waals surface area contributed by atoms with Crippen LogP contribution < -0.4 is 5.32 Å². The molecular weight excluding hydrogens is 168 g/mol. The molecule has 1 rings (SSSR count). The molecule has 1 saturated heterocycles. The van der Waals surface area contributed by atoms with Crippen molar-refractivity contribution in [2.45, 2.75) is 12.8 Å². The number of hydrogen-bond donors (Lipinski definition) is 2. The van der Waals surface area contributed by atoms with E-state index >= 15 is 0 Å². The molecule has 0 radical (unpaired) electrons. The van der Waals surface area contributed by atoms with Gasteiger partial charge in [-0.1, -0.05) is 0 Å². The summed E-state index contributed by atoms with van der Waals surface area (Å²) >= 11 is 0. The first kappa shape index (κ1) is 10.5. The first-order chi connectivity index (χ1) is 6.18. The van der Waals surface area contributed by atoms with Crippen LogP contribution in [0.2, 0.25) is 0 Å². The molecule has 76 valence electrons. The highest BCUT2D eigenvalue weighted by Crippen LogP contribution is 2.10. The molecule has 0 aromatic rings. The van der Waals surface area contributed by atoms with Gasteiger partial charge < -0.3 is 10.4 Å². The molecule has 0 spiro atoms. The summed E-state index contributed by atoms with van der Waals surface area (Å²) < 4.78 is 0. The van der Waals surface area contributed by atoms with Crippen molar-refractivity contribution in [2.24, 2.45) is 5.92 Å². The van der Waals surface area contributed by atoms with Crippen LogP contribution in [0.1, 0.15) is 12.8 Å². The van der Waals surface area contributed by atoms with Crippen LogP contribution in [-0.4, -0.2) is 49.2 Å². The quantitative estimate of drug-likeness (QED) is 0.649. The van der Waals surface area contributed by atoms with Gasteiger partial charge in [0.1, 0.15) is 0 Å². The lowest BCUT2D eigenvalue weighted by molar-refractivity contribution is -0.138. The Kier molecular flexibility index (Phi) is 4.18. The molecule has 1 unspecified atom stereocenters. The van der Waals surface area contributed by atoms with Crippen molar-refractivity contribution in [1.29, 1.82) is 0 Å². The zero-order valence-corrected chi connectivity index (χ0v) is 8.12. The van der Waals surface area contributed by atoms with Crippen LogP contribution in [0.4, 0.5) is 0 Å². The summed E-state index contributed by atoms with van der Waals surface area (Å²) in [7, 11) is 1.86.